The summed E-state index contributed by atoms with van der Waals surface area (Å²) in [6, 6.07) is 7.64. The lowest BCUT2D eigenvalue weighted by molar-refractivity contribution is 0.217. The second kappa shape index (κ2) is 5.82. The van der Waals surface area contributed by atoms with E-state index in [4.69, 9.17) is 16.3 Å². The van der Waals surface area contributed by atoms with Crippen molar-refractivity contribution in [1.82, 2.24) is 20.2 Å². The number of rotatable bonds is 5. The molecule has 5 nitrogen and oxygen atoms in total. The zero-order valence-electron chi connectivity index (χ0n) is 10.4. The Morgan fingerprint density at radius 3 is 3.00 bits per heavy atom. The Labute approximate surface area is 111 Å². The average molecular weight is 267 g/mol. The third kappa shape index (κ3) is 2.79. The normalized spacial score (nSPS) is 12.4. The highest BCUT2D eigenvalue weighted by Crippen LogP contribution is 2.19. The number of alkyl halides is 1. The second-order valence-corrected chi connectivity index (χ2v) is 4.24. The molecule has 0 saturated heterocycles. The van der Waals surface area contributed by atoms with Crippen LogP contribution in [0, 0.1) is 0 Å². The predicted molar refractivity (Wildman–Crippen MR) is 69.1 cm³/mol. The van der Waals surface area contributed by atoms with Crippen LogP contribution in [0.15, 0.2) is 24.3 Å². The Bertz CT molecular complexity index is 514. The quantitative estimate of drug-likeness (QED) is 0.781. The van der Waals surface area contributed by atoms with Gasteiger partial charge in [-0.1, -0.05) is 13.0 Å². The third-order valence-electron chi connectivity index (χ3n) is 2.63. The van der Waals surface area contributed by atoms with Gasteiger partial charge in [-0.05, 0) is 35.9 Å². The maximum absolute atomic E-state index is 5.78. The maximum atomic E-state index is 5.78. The van der Waals surface area contributed by atoms with Crippen LogP contribution in [-0.4, -0.2) is 26.3 Å². The molecule has 2 rings (SSSR count). The predicted octanol–water partition coefficient (Wildman–Crippen LogP) is 2.58. The molecule has 1 aromatic heterocycles. The van der Waals surface area contributed by atoms with E-state index in [0.29, 0.717) is 5.82 Å². The van der Waals surface area contributed by atoms with Crippen LogP contribution in [0.25, 0.3) is 5.69 Å². The van der Waals surface area contributed by atoms with Crippen molar-refractivity contribution in [3.63, 3.8) is 0 Å². The average Bonchev–Trinajstić information content (AvgIpc) is 2.87. The van der Waals surface area contributed by atoms with Crippen LogP contribution in [-0.2, 0) is 5.88 Å². The van der Waals surface area contributed by atoms with Crippen LogP contribution < -0.4 is 4.74 Å². The van der Waals surface area contributed by atoms with Crippen molar-refractivity contribution in [3.8, 4) is 11.4 Å². The van der Waals surface area contributed by atoms with Gasteiger partial charge in [-0.2, -0.15) is 4.68 Å². The summed E-state index contributed by atoms with van der Waals surface area (Å²) in [6.45, 7) is 4.12. The number of benzene rings is 1. The second-order valence-electron chi connectivity index (χ2n) is 3.97. The molecule has 0 aliphatic heterocycles. The van der Waals surface area contributed by atoms with Gasteiger partial charge >= 0.3 is 0 Å². The number of halogens is 1. The van der Waals surface area contributed by atoms with E-state index >= 15 is 0 Å². The summed E-state index contributed by atoms with van der Waals surface area (Å²) in [4.78, 5) is 0. The summed E-state index contributed by atoms with van der Waals surface area (Å²) in [5.41, 5.74) is 0.844. The number of nitrogens with zero attached hydrogens (tertiary/aromatic N) is 4. The first-order valence-electron chi connectivity index (χ1n) is 5.85. The van der Waals surface area contributed by atoms with Crippen LogP contribution in [0.3, 0.4) is 0 Å². The van der Waals surface area contributed by atoms with Crippen LogP contribution in [0.5, 0.6) is 5.75 Å². The highest BCUT2D eigenvalue weighted by Gasteiger charge is 2.08. The fraction of sp³-hybridized carbons (Fsp3) is 0.417. The monoisotopic (exact) mass is 266 g/mol. The zero-order valence-corrected chi connectivity index (χ0v) is 11.1. The van der Waals surface area contributed by atoms with Crippen molar-refractivity contribution < 1.29 is 4.74 Å². The highest BCUT2D eigenvalue weighted by atomic mass is 35.5. The number of aromatic nitrogens is 4. The molecule has 18 heavy (non-hydrogen) atoms. The molecule has 0 amide bonds. The standard InChI is InChI=1S/C12H15ClN4O/c1-3-9(2)18-11-6-4-5-10(7-11)17-12(8-13)14-15-16-17/h4-7,9H,3,8H2,1-2H3. The molecular weight excluding hydrogens is 252 g/mol. The first-order valence-corrected chi connectivity index (χ1v) is 6.38. The molecule has 1 unspecified atom stereocenters. The summed E-state index contributed by atoms with van der Waals surface area (Å²) in [6.07, 6.45) is 1.14. The van der Waals surface area contributed by atoms with Crippen molar-refractivity contribution in [2.75, 3.05) is 0 Å². The molecule has 6 heteroatoms. The van der Waals surface area contributed by atoms with Crippen molar-refractivity contribution in [1.29, 1.82) is 0 Å². The molecule has 0 fully saturated rings. The van der Waals surface area contributed by atoms with Crippen LogP contribution >= 0.6 is 11.6 Å². The molecule has 2 aromatic rings. The van der Waals surface area contributed by atoms with Crippen LogP contribution in [0.4, 0.5) is 0 Å². The van der Waals surface area contributed by atoms with Gasteiger partial charge in [0.15, 0.2) is 5.82 Å². The number of tetrazole rings is 1. The van der Waals surface area contributed by atoms with Crippen molar-refractivity contribution in [3.05, 3.63) is 30.1 Å². The fourth-order valence-corrected chi connectivity index (χ4v) is 1.66. The van der Waals surface area contributed by atoms with E-state index < -0.39 is 0 Å². The number of ether oxygens (including phenoxy) is 1. The van der Waals surface area contributed by atoms with Gasteiger partial charge in [0.05, 0.1) is 17.7 Å². The fourth-order valence-electron chi connectivity index (χ4n) is 1.49. The summed E-state index contributed by atoms with van der Waals surface area (Å²) in [5, 5.41) is 11.4. The molecule has 0 N–H and O–H groups in total. The highest BCUT2D eigenvalue weighted by molar-refractivity contribution is 6.16. The lowest BCUT2D eigenvalue weighted by Gasteiger charge is -2.13. The molecule has 0 spiro atoms. The van der Waals surface area contributed by atoms with Gasteiger partial charge in [-0.15, -0.1) is 16.7 Å². The summed E-state index contributed by atoms with van der Waals surface area (Å²) in [7, 11) is 0. The SMILES string of the molecule is CCC(C)Oc1cccc(-n2nnnc2CCl)c1. The Morgan fingerprint density at radius 1 is 1.44 bits per heavy atom. The van der Waals surface area contributed by atoms with Crippen molar-refractivity contribution in [2.45, 2.75) is 32.3 Å². The summed E-state index contributed by atoms with van der Waals surface area (Å²) >= 11 is 5.78. The number of hydrogen-bond donors (Lipinski definition) is 0. The molecular formula is C12H15ClN4O. The number of hydrogen-bond acceptors (Lipinski definition) is 4. The van der Waals surface area contributed by atoms with Crippen LogP contribution in [0.1, 0.15) is 26.1 Å². The molecule has 1 aromatic carbocycles. The smallest absolute Gasteiger partial charge is 0.171 e. The van der Waals surface area contributed by atoms with Gasteiger partial charge in [-0.3, -0.25) is 0 Å². The van der Waals surface area contributed by atoms with Gasteiger partial charge in [0.25, 0.3) is 0 Å². The maximum Gasteiger partial charge on any atom is 0.171 e. The van der Waals surface area contributed by atoms with E-state index in [-0.39, 0.29) is 12.0 Å². The minimum Gasteiger partial charge on any atom is -0.491 e. The van der Waals surface area contributed by atoms with Crippen LogP contribution in [0.2, 0.25) is 0 Å². The van der Waals surface area contributed by atoms with E-state index in [1.165, 1.54) is 0 Å². The topological polar surface area (TPSA) is 52.8 Å². The lowest BCUT2D eigenvalue weighted by atomic mass is 10.3. The third-order valence-corrected chi connectivity index (χ3v) is 2.87. The Morgan fingerprint density at radius 2 is 2.28 bits per heavy atom. The molecule has 0 bridgehead atoms. The molecule has 0 aliphatic rings. The van der Waals surface area contributed by atoms with Crippen molar-refractivity contribution in [2.24, 2.45) is 0 Å². The van der Waals surface area contributed by atoms with E-state index in [1.807, 2.05) is 31.2 Å². The zero-order chi connectivity index (χ0) is 13.0. The van der Waals surface area contributed by atoms with Gasteiger partial charge in [0.1, 0.15) is 5.75 Å². The largest absolute Gasteiger partial charge is 0.491 e. The Balaban J connectivity index is 2.27. The summed E-state index contributed by atoms with van der Waals surface area (Å²) < 4.78 is 7.37. The molecule has 0 radical (unpaired) electrons. The Kier molecular flexibility index (Phi) is 4.15. The molecule has 0 saturated carbocycles. The van der Waals surface area contributed by atoms with Gasteiger partial charge in [-0.25, -0.2) is 0 Å². The van der Waals surface area contributed by atoms with Crippen molar-refractivity contribution >= 4 is 11.6 Å². The molecule has 1 atom stereocenters. The van der Waals surface area contributed by atoms with E-state index in [0.717, 1.165) is 17.9 Å². The van der Waals surface area contributed by atoms with Gasteiger partial charge < -0.3 is 4.74 Å². The van der Waals surface area contributed by atoms with E-state index in [2.05, 4.69) is 22.4 Å². The first-order chi connectivity index (χ1) is 8.74. The lowest BCUT2D eigenvalue weighted by Crippen LogP contribution is -2.10. The summed E-state index contributed by atoms with van der Waals surface area (Å²) in [5.74, 6) is 1.68. The minimum atomic E-state index is 0.182. The molecule has 1 heterocycles. The van der Waals surface area contributed by atoms with Gasteiger partial charge in [0, 0.05) is 6.07 Å². The first kappa shape index (κ1) is 12.8. The van der Waals surface area contributed by atoms with Gasteiger partial charge in [0.2, 0.25) is 0 Å². The molecule has 96 valence electrons. The Hall–Kier alpha value is -1.62. The molecule has 0 aliphatic carbocycles. The minimum absolute atomic E-state index is 0.182. The van der Waals surface area contributed by atoms with E-state index in [1.54, 1.807) is 4.68 Å². The van der Waals surface area contributed by atoms with E-state index in [9.17, 15) is 0 Å².